The lowest BCUT2D eigenvalue weighted by atomic mass is 10.0. The Bertz CT molecular complexity index is 747. The Morgan fingerprint density at radius 1 is 1.11 bits per heavy atom. The lowest BCUT2D eigenvalue weighted by Crippen LogP contribution is -2.37. The monoisotopic (exact) mass is 371 g/mol. The molecule has 6 heteroatoms. The minimum Gasteiger partial charge on any atom is -0.497 e. The van der Waals surface area contributed by atoms with E-state index in [9.17, 15) is 9.59 Å². The topological polar surface area (TPSA) is 84.9 Å². The lowest BCUT2D eigenvalue weighted by Gasteiger charge is -2.21. The maximum atomic E-state index is 12.5. The van der Waals surface area contributed by atoms with E-state index in [0.717, 1.165) is 16.9 Å². The van der Waals surface area contributed by atoms with Gasteiger partial charge in [-0.05, 0) is 36.6 Å². The lowest BCUT2D eigenvalue weighted by molar-refractivity contribution is -0.138. The first kappa shape index (κ1) is 20.5. The largest absolute Gasteiger partial charge is 0.497 e. The fourth-order valence-corrected chi connectivity index (χ4v) is 2.62. The molecule has 2 atom stereocenters. The van der Waals surface area contributed by atoms with Crippen LogP contribution in [0.1, 0.15) is 36.9 Å². The van der Waals surface area contributed by atoms with Gasteiger partial charge in [-0.2, -0.15) is 0 Å². The SMILES string of the molecule is COc1cccc(COC(C)C(=O)NC(CCC(=O)O)c2ccccc2)c1. The fraction of sp³-hybridized carbons (Fsp3) is 0.333. The number of benzene rings is 2. The molecule has 0 aliphatic rings. The van der Waals surface area contributed by atoms with Crippen LogP contribution in [0.3, 0.4) is 0 Å². The van der Waals surface area contributed by atoms with Gasteiger partial charge in [0.05, 0.1) is 19.8 Å². The molecule has 0 aliphatic carbocycles. The van der Waals surface area contributed by atoms with Crippen LogP contribution in [0.15, 0.2) is 54.6 Å². The molecule has 2 aromatic rings. The number of hydrogen-bond acceptors (Lipinski definition) is 4. The molecule has 0 bridgehead atoms. The average molecular weight is 371 g/mol. The number of aliphatic carboxylic acids is 1. The predicted molar refractivity (Wildman–Crippen MR) is 101 cm³/mol. The number of carboxylic acid groups (broad SMARTS) is 1. The predicted octanol–water partition coefficient (Wildman–Crippen LogP) is 3.32. The standard InChI is InChI=1S/C21H25NO5/c1-15(27-14-16-7-6-10-18(13-16)26-2)21(25)22-19(11-12-20(23)24)17-8-4-3-5-9-17/h3-10,13,15,19H,11-12,14H2,1-2H3,(H,22,25)(H,23,24). The summed E-state index contributed by atoms with van der Waals surface area (Å²) in [4.78, 5) is 23.4. The van der Waals surface area contributed by atoms with Crippen LogP contribution < -0.4 is 10.1 Å². The second kappa shape index (κ2) is 10.3. The molecule has 2 rings (SSSR count). The summed E-state index contributed by atoms with van der Waals surface area (Å²) >= 11 is 0. The van der Waals surface area contributed by atoms with E-state index in [0.29, 0.717) is 6.42 Å². The van der Waals surface area contributed by atoms with E-state index in [1.165, 1.54) is 0 Å². The molecule has 0 fully saturated rings. The van der Waals surface area contributed by atoms with Gasteiger partial charge in [-0.15, -0.1) is 0 Å². The van der Waals surface area contributed by atoms with Crippen molar-refractivity contribution in [3.05, 3.63) is 65.7 Å². The minimum atomic E-state index is -0.896. The number of amides is 1. The Morgan fingerprint density at radius 3 is 2.52 bits per heavy atom. The highest BCUT2D eigenvalue weighted by Gasteiger charge is 2.20. The first-order chi connectivity index (χ1) is 13.0. The summed E-state index contributed by atoms with van der Waals surface area (Å²) in [7, 11) is 1.59. The van der Waals surface area contributed by atoms with Gasteiger partial charge >= 0.3 is 5.97 Å². The summed E-state index contributed by atoms with van der Waals surface area (Å²) < 4.78 is 10.8. The van der Waals surface area contributed by atoms with Crippen molar-refractivity contribution in [2.75, 3.05) is 7.11 Å². The van der Waals surface area contributed by atoms with Gasteiger partial charge in [-0.1, -0.05) is 42.5 Å². The van der Waals surface area contributed by atoms with E-state index >= 15 is 0 Å². The summed E-state index contributed by atoms with van der Waals surface area (Å²) in [5.41, 5.74) is 1.77. The van der Waals surface area contributed by atoms with Crippen molar-refractivity contribution >= 4 is 11.9 Å². The van der Waals surface area contributed by atoms with Gasteiger partial charge in [-0.25, -0.2) is 0 Å². The summed E-state index contributed by atoms with van der Waals surface area (Å²) in [5.74, 6) is -0.448. The van der Waals surface area contributed by atoms with Crippen LogP contribution in [-0.2, 0) is 20.9 Å². The van der Waals surface area contributed by atoms with Crippen LogP contribution in [0.25, 0.3) is 0 Å². The van der Waals surface area contributed by atoms with Crippen LogP contribution in [-0.4, -0.2) is 30.2 Å². The smallest absolute Gasteiger partial charge is 0.303 e. The molecular weight excluding hydrogens is 346 g/mol. The van der Waals surface area contributed by atoms with Gasteiger partial charge in [-0.3, -0.25) is 9.59 Å². The summed E-state index contributed by atoms with van der Waals surface area (Å²) in [6.45, 7) is 1.95. The Morgan fingerprint density at radius 2 is 1.85 bits per heavy atom. The number of rotatable bonds is 10. The van der Waals surface area contributed by atoms with Gasteiger partial charge < -0.3 is 19.9 Å². The summed E-state index contributed by atoms with van der Waals surface area (Å²) in [6.07, 6.45) is -0.390. The van der Waals surface area contributed by atoms with Crippen LogP contribution in [0.5, 0.6) is 5.75 Å². The van der Waals surface area contributed by atoms with Crippen molar-refractivity contribution in [1.29, 1.82) is 0 Å². The third-order valence-electron chi connectivity index (χ3n) is 4.17. The highest BCUT2D eigenvalue weighted by Crippen LogP contribution is 2.19. The van der Waals surface area contributed by atoms with Crippen molar-refractivity contribution in [2.45, 2.75) is 38.5 Å². The van der Waals surface area contributed by atoms with Crippen LogP contribution >= 0.6 is 0 Å². The van der Waals surface area contributed by atoms with Crippen LogP contribution in [0.4, 0.5) is 0 Å². The molecule has 0 saturated carbocycles. The van der Waals surface area contributed by atoms with Crippen molar-refractivity contribution in [3.8, 4) is 5.75 Å². The van der Waals surface area contributed by atoms with Crippen LogP contribution in [0, 0.1) is 0 Å². The van der Waals surface area contributed by atoms with Gasteiger partial charge in [0.2, 0.25) is 5.91 Å². The highest BCUT2D eigenvalue weighted by atomic mass is 16.5. The minimum absolute atomic E-state index is 0.0289. The number of methoxy groups -OCH3 is 1. The van der Waals surface area contributed by atoms with Gasteiger partial charge in [0.25, 0.3) is 0 Å². The molecule has 0 radical (unpaired) electrons. The molecule has 2 unspecified atom stereocenters. The zero-order valence-electron chi connectivity index (χ0n) is 15.6. The second-order valence-electron chi connectivity index (χ2n) is 6.21. The van der Waals surface area contributed by atoms with E-state index < -0.39 is 12.1 Å². The van der Waals surface area contributed by atoms with E-state index in [2.05, 4.69) is 5.32 Å². The van der Waals surface area contributed by atoms with Gasteiger partial charge in [0, 0.05) is 6.42 Å². The van der Waals surface area contributed by atoms with E-state index in [1.807, 2.05) is 54.6 Å². The summed E-state index contributed by atoms with van der Waals surface area (Å²) in [5, 5.41) is 11.9. The van der Waals surface area contributed by atoms with Crippen molar-refractivity contribution < 1.29 is 24.2 Å². The Hall–Kier alpha value is -2.86. The number of ether oxygens (including phenoxy) is 2. The van der Waals surface area contributed by atoms with Gasteiger partial charge in [0.15, 0.2) is 0 Å². The molecular formula is C21H25NO5. The molecule has 6 nitrogen and oxygen atoms in total. The average Bonchev–Trinajstić information content (AvgIpc) is 2.69. The molecule has 0 aromatic heterocycles. The van der Waals surface area contributed by atoms with Crippen LogP contribution in [0.2, 0.25) is 0 Å². The van der Waals surface area contributed by atoms with Gasteiger partial charge in [0.1, 0.15) is 11.9 Å². The number of hydrogen-bond donors (Lipinski definition) is 2. The third-order valence-corrected chi connectivity index (χ3v) is 4.17. The molecule has 0 aliphatic heterocycles. The first-order valence-electron chi connectivity index (χ1n) is 8.81. The van der Waals surface area contributed by atoms with E-state index in [4.69, 9.17) is 14.6 Å². The molecule has 2 N–H and O–H groups in total. The first-order valence-corrected chi connectivity index (χ1v) is 8.81. The Balaban J connectivity index is 1.95. The number of carboxylic acids is 1. The Labute approximate surface area is 159 Å². The van der Waals surface area contributed by atoms with Crippen molar-refractivity contribution in [3.63, 3.8) is 0 Å². The molecule has 2 aromatic carbocycles. The summed E-state index contributed by atoms with van der Waals surface area (Å²) in [6, 6.07) is 16.4. The molecule has 0 saturated heterocycles. The normalized spacial score (nSPS) is 12.8. The second-order valence-corrected chi connectivity index (χ2v) is 6.21. The van der Waals surface area contributed by atoms with E-state index in [-0.39, 0.29) is 25.0 Å². The van der Waals surface area contributed by atoms with Crippen molar-refractivity contribution in [2.24, 2.45) is 0 Å². The molecule has 1 amide bonds. The van der Waals surface area contributed by atoms with E-state index in [1.54, 1.807) is 14.0 Å². The quantitative estimate of drug-likeness (QED) is 0.669. The molecule has 144 valence electrons. The molecule has 27 heavy (non-hydrogen) atoms. The number of nitrogens with one attached hydrogen (secondary N) is 1. The fourth-order valence-electron chi connectivity index (χ4n) is 2.62. The van der Waals surface area contributed by atoms with Crippen molar-refractivity contribution in [1.82, 2.24) is 5.32 Å². The molecule has 0 heterocycles. The highest BCUT2D eigenvalue weighted by molar-refractivity contribution is 5.80. The zero-order valence-corrected chi connectivity index (χ0v) is 15.6. The maximum Gasteiger partial charge on any atom is 0.303 e. The maximum absolute atomic E-state index is 12.5. The molecule has 0 spiro atoms. The zero-order chi connectivity index (χ0) is 19.6. The Kier molecular flexibility index (Phi) is 7.82. The number of carbonyl (C=O) groups excluding carboxylic acids is 1. The number of carbonyl (C=O) groups is 2. The third kappa shape index (κ3) is 6.75.